The summed E-state index contributed by atoms with van der Waals surface area (Å²) in [5, 5.41) is 20.1. The zero-order valence-corrected chi connectivity index (χ0v) is 17.8. The summed E-state index contributed by atoms with van der Waals surface area (Å²) in [6.07, 6.45) is -0.344. The van der Waals surface area contributed by atoms with E-state index in [2.05, 4.69) is 9.98 Å². The molecule has 3 aromatic rings. The van der Waals surface area contributed by atoms with E-state index in [4.69, 9.17) is 0 Å². The molecule has 2 heterocycles. The molecule has 32 heavy (non-hydrogen) atoms. The number of hydrogen-bond donors (Lipinski definition) is 2. The zero-order valence-electron chi connectivity index (χ0n) is 17.8. The van der Waals surface area contributed by atoms with Gasteiger partial charge in [0, 0.05) is 35.6 Å². The van der Waals surface area contributed by atoms with Crippen LogP contribution in [0, 0.1) is 5.82 Å². The predicted octanol–water partition coefficient (Wildman–Crippen LogP) is 3.73. The number of ketones is 1. The molecule has 0 aliphatic carbocycles. The van der Waals surface area contributed by atoms with Crippen LogP contribution in [0.2, 0.25) is 0 Å². The van der Waals surface area contributed by atoms with Crippen LogP contribution >= 0.6 is 0 Å². The zero-order chi connectivity index (χ0) is 22.7. The van der Waals surface area contributed by atoms with E-state index in [9.17, 15) is 19.4 Å². The fourth-order valence-electron chi connectivity index (χ4n) is 4.21. The van der Waals surface area contributed by atoms with Gasteiger partial charge < -0.3 is 10.2 Å². The molecule has 164 valence electrons. The van der Waals surface area contributed by atoms with Crippen molar-refractivity contribution in [2.75, 3.05) is 0 Å². The summed E-state index contributed by atoms with van der Waals surface area (Å²) in [4.78, 5) is 21.9. The topological polar surface area (TPSA) is 82.8 Å². The molecule has 1 aliphatic rings. The lowest BCUT2D eigenvalue weighted by Crippen LogP contribution is -2.20. The first-order valence-electron chi connectivity index (χ1n) is 10.6. The van der Waals surface area contributed by atoms with Gasteiger partial charge in [0.25, 0.3) is 0 Å². The number of aliphatic hydroxyl groups is 2. The third kappa shape index (κ3) is 4.66. The molecule has 0 spiro atoms. The summed E-state index contributed by atoms with van der Waals surface area (Å²) < 4.78 is 13.3. The Bertz CT molecular complexity index is 1140. The third-order valence-electron chi connectivity index (χ3n) is 5.78. The SMILES string of the molecule is C[C@@H](O)[C@@H](CC(=O)Cc1cc2c(c(CO)n1)C(c1ccc(F)cc1)=NC2)c1ccccc1. The number of aliphatic hydroxyl groups excluding tert-OH is 2. The number of hydrogen-bond acceptors (Lipinski definition) is 5. The molecule has 2 N–H and O–H groups in total. The molecule has 0 bridgehead atoms. The molecule has 5 nitrogen and oxygen atoms in total. The van der Waals surface area contributed by atoms with Crippen LogP contribution < -0.4 is 0 Å². The van der Waals surface area contributed by atoms with Gasteiger partial charge in [-0.25, -0.2) is 4.39 Å². The maximum atomic E-state index is 13.3. The highest BCUT2D eigenvalue weighted by Gasteiger charge is 2.25. The van der Waals surface area contributed by atoms with Gasteiger partial charge in [-0.1, -0.05) is 30.3 Å². The number of fused-ring (bicyclic) bond motifs is 1. The molecule has 1 aliphatic heterocycles. The van der Waals surface area contributed by atoms with Crippen molar-refractivity contribution < 1.29 is 19.4 Å². The maximum absolute atomic E-state index is 13.3. The number of carbonyl (C=O) groups is 1. The summed E-state index contributed by atoms with van der Waals surface area (Å²) >= 11 is 0. The molecule has 2 aromatic carbocycles. The number of nitrogens with zero attached hydrogens (tertiary/aromatic N) is 2. The van der Waals surface area contributed by atoms with Crippen molar-refractivity contribution in [2.45, 2.75) is 44.9 Å². The highest BCUT2D eigenvalue weighted by Crippen LogP contribution is 2.28. The summed E-state index contributed by atoms with van der Waals surface area (Å²) in [5.41, 5.74) is 5.03. The van der Waals surface area contributed by atoms with Crippen LogP contribution in [0.1, 0.15) is 52.9 Å². The molecular weight excluding hydrogens is 407 g/mol. The Kier molecular flexibility index (Phi) is 6.53. The Hall–Kier alpha value is -3.22. The van der Waals surface area contributed by atoms with Gasteiger partial charge in [0.2, 0.25) is 0 Å². The van der Waals surface area contributed by atoms with E-state index >= 15 is 0 Å². The molecule has 1 aromatic heterocycles. The van der Waals surface area contributed by atoms with E-state index in [0.29, 0.717) is 23.6 Å². The lowest BCUT2D eigenvalue weighted by Gasteiger charge is -2.20. The standard InChI is InChI=1S/C26H25FN2O3/c1-16(31)23(17-5-3-2-4-6-17)13-22(32)12-21-11-19-14-28-26(25(19)24(15-30)29-21)18-7-9-20(27)10-8-18/h2-11,16,23,30-31H,12-15H2,1H3/t16-,23-/m1/s1. The number of Topliss-reactive ketones (excluding diaryl/α,β-unsaturated/α-hetero) is 1. The number of aliphatic imine (C=N–C) groups is 1. The summed E-state index contributed by atoms with van der Waals surface area (Å²) in [7, 11) is 0. The van der Waals surface area contributed by atoms with Gasteiger partial charge in [-0.15, -0.1) is 0 Å². The molecule has 0 radical (unpaired) electrons. The average molecular weight is 432 g/mol. The minimum atomic E-state index is -0.658. The molecular formula is C26H25FN2O3. The lowest BCUT2D eigenvalue weighted by molar-refractivity contribution is -0.119. The Balaban J connectivity index is 1.55. The first-order chi connectivity index (χ1) is 15.5. The molecule has 0 unspecified atom stereocenters. The van der Waals surface area contributed by atoms with E-state index in [0.717, 1.165) is 22.3 Å². The van der Waals surface area contributed by atoms with Crippen LogP contribution in [-0.2, 0) is 24.4 Å². The van der Waals surface area contributed by atoms with E-state index < -0.39 is 6.10 Å². The normalized spacial score (nSPS) is 14.6. The summed E-state index contributed by atoms with van der Waals surface area (Å²) in [5.74, 6) is -0.648. The molecule has 0 fully saturated rings. The van der Waals surface area contributed by atoms with E-state index in [-0.39, 0.29) is 37.0 Å². The number of aromatic nitrogens is 1. The van der Waals surface area contributed by atoms with Crippen LogP contribution in [0.3, 0.4) is 0 Å². The van der Waals surface area contributed by atoms with Gasteiger partial charge in [0.15, 0.2) is 0 Å². The first-order valence-corrected chi connectivity index (χ1v) is 10.6. The number of benzene rings is 2. The molecule has 0 amide bonds. The predicted molar refractivity (Wildman–Crippen MR) is 120 cm³/mol. The van der Waals surface area contributed by atoms with Crippen LogP contribution in [0.15, 0.2) is 65.7 Å². The van der Waals surface area contributed by atoms with Gasteiger partial charge in [-0.3, -0.25) is 14.8 Å². The Labute approximate surface area is 186 Å². The Morgan fingerprint density at radius 1 is 1.12 bits per heavy atom. The second-order valence-corrected chi connectivity index (χ2v) is 8.10. The monoisotopic (exact) mass is 432 g/mol. The van der Waals surface area contributed by atoms with Crippen molar-refractivity contribution >= 4 is 11.5 Å². The third-order valence-corrected chi connectivity index (χ3v) is 5.78. The quantitative estimate of drug-likeness (QED) is 0.568. The number of carbonyl (C=O) groups excluding carboxylic acids is 1. The van der Waals surface area contributed by atoms with E-state index in [1.54, 1.807) is 19.1 Å². The number of halogens is 1. The average Bonchev–Trinajstić information content (AvgIpc) is 3.22. The first kappa shape index (κ1) is 22.0. The van der Waals surface area contributed by atoms with Gasteiger partial charge in [-0.2, -0.15) is 0 Å². The summed E-state index contributed by atoms with van der Waals surface area (Å²) in [6, 6.07) is 17.4. The highest BCUT2D eigenvalue weighted by atomic mass is 19.1. The summed E-state index contributed by atoms with van der Waals surface area (Å²) in [6.45, 7) is 1.82. The van der Waals surface area contributed by atoms with Crippen LogP contribution in [0.5, 0.6) is 0 Å². The van der Waals surface area contributed by atoms with Crippen molar-refractivity contribution in [3.63, 3.8) is 0 Å². The van der Waals surface area contributed by atoms with Gasteiger partial charge >= 0.3 is 0 Å². The van der Waals surface area contributed by atoms with Crippen molar-refractivity contribution in [3.8, 4) is 0 Å². The van der Waals surface area contributed by atoms with Crippen molar-refractivity contribution in [1.29, 1.82) is 0 Å². The smallest absolute Gasteiger partial charge is 0.139 e. The molecule has 0 saturated heterocycles. The molecule has 2 atom stereocenters. The molecule has 4 rings (SSSR count). The molecule has 0 saturated carbocycles. The Morgan fingerprint density at radius 3 is 2.50 bits per heavy atom. The number of pyridine rings is 1. The van der Waals surface area contributed by atoms with Crippen LogP contribution in [0.4, 0.5) is 4.39 Å². The Morgan fingerprint density at radius 2 is 1.84 bits per heavy atom. The maximum Gasteiger partial charge on any atom is 0.139 e. The largest absolute Gasteiger partial charge is 0.393 e. The van der Waals surface area contributed by atoms with E-state index in [1.165, 1.54) is 12.1 Å². The van der Waals surface area contributed by atoms with Gasteiger partial charge in [-0.05, 0) is 48.4 Å². The fraction of sp³-hybridized carbons (Fsp3) is 0.269. The second-order valence-electron chi connectivity index (χ2n) is 8.10. The number of rotatable bonds is 8. The van der Waals surface area contributed by atoms with Crippen molar-refractivity contribution in [2.24, 2.45) is 4.99 Å². The van der Waals surface area contributed by atoms with Gasteiger partial charge in [0.1, 0.15) is 11.6 Å². The van der Waals surface area contributed by atoms with Crippen molar-refractivity contribution in [3.05, 3.63) is 100 Å². The van der Waals surface area contributed by atoms with Crippen LogP contribution in [-0.4, -0.2) is 32.8 Å². The highest BCUT2D eigenvalue weighted by molar-refractivity contribution is 6.15. The van der Waals surface area contributed by atoms with Gasteiger partial charge in [0.05, 0.1) is 30.7 Å². The minimum absolute atomic E-state index is 0.0335. The van der Waals surface area contributed by atoms with Crippen molar-refractivity contribution in [1.82, 2.24) is 4.98 Å². The van der Waals surface area contributed by atoms with Crippen LogP contribution in [0.25, 0.3) is 0 Å². The lowest BCUT2D eigenvalue weighted by atomic mass is 9.88. The minimum Gasteiger partial charge on any atom is -0.393 e. The molecule has 6 heteroatoms. The fourth-order valence-corrected chi connectivity index (χ4v) is 4.21. The van der Waals surface area contributed by atoms with E-state index in [1.807, 2.05) is 36.4 Å². The second kappa shape index (κ2) is 9.51.